The van der Waals surface area contributed by atoms with Crippen LogP contribution in [0.1, 0.15) is 48.4 Å². The molecule has 1 aromatic heterocycles. The first-order chi connectivity index (χ1) is 9.11. The summed E-state index contributed by atoms with van der Waals surface area (Å²) in [6.45, 7) is 6.68. The lowest BCUT2D eigenvalue weighted by molar-refractivity contribution is 0.647. The van der Waals surface area contributed by atoms with Crippen molar-refractivity contribution in [3.05, 3.63) is 57.3 Å². The van der Waals surface area contributed by atoms with Gasteiger partial charge < -0.3 is 5.73 Å². The van der Waals surface area contributed by atoms with Crippen molar-refractivity contribution in [1.82, 2.24) is 0 Å². The average molecular weight is 273 g/mol. The topological polar surface area (TPSA) is 26.0 Å². The summed E-state index contributed by atoms with van der Waals surface area (Å²) in [4.78, 5) is 1.30. The Bertz CT molecular complexity index is 510. The molecular weight excluding hydrogens is 250 g/mol. The fraction of sp³-hybridized carbons (Fsp3) is 0.412. The summed E-state index contributed by atoms with van der Waals surface area (Å²) in [5.41, 5.74) is 10.4. The monoisotopic (exact) mass is 273 g/mol. The Morgan fingerprint density at radius 1 is 1.11 bits per heavy atom. The van der Waals surface area contributed by atoms with Gasteiger partial charge in [-0.3, -0.25) is 0 Å². The Kier molecular flexibility index (Phi) is 4.78. The number of hydrogen-bond donors (Lipinski definition) is 1. The Hall–Kier alpha value is -1.12. The molecule has 1 unspecified atom stereocenters. The number of rotatable bonds is 5. The van der Waals surface area contributed by atoms with Crippen molar-refractivity contribution >= 4 is 11.3 Å². The zero-order valence-electron chi connectivity index (χ0n) is 12.0. The van der Waals surface area contributed by atoms with E-state index in [1.165, 1.54) is 21.6 Å². The predicted molar refractivity (Wildman–Crippen MR) is 84.7 cm³/mol. The van der Waals surface area contributed by atoms with E-state index in [4.69, 9.17) is 5.73 Å². The Morgan fingerprint density at radius 3 is 2.37 bits per heavy atom. The van der Waals surface area contributed by atoms with Crippen LogP contribution in [0.4, 0.5) is 0 Å². The quantitative estimate of drug-likeness (QED) is 0.849. The Labute approximate surface area is 120 Å². The molecular formula is C17H23NS. The van der Waals surface area contributed by atoms with Crippen LogP contribution in [0.3, 0.4) is 0 Å². The van der Waals surface area contributed by atoms with Gasteiger partial charge in [-0.25, -0.2) is 0 Å². The van der Waals surface area contributed by atoms with E-state index in [0.29, 0.717) is 5.92 Å². The first-order valence-corrected chi connectivity index (χ1v) is 7.90. The van der Waals surface area contributed by atoms with Crippen molar-refractivity contribution < 1.29 is 0 Å². The molecule has 0 bridgehead atoms. The summed E-state index contributed by atoms with van der Waals surface area (Å²) >= 11 is 1.77. The molecule has 2 N–H and O–H groups in total. The van der Waals surface area contributed by atoms with Crippen molar-refractivity contribution in [2.45, 2.75) is 39.7 Å². The molecule has 2 rings (SSSR count). The van der Waals surface area contributed by atoms with E-state index >= 15 is 0 Å². The summed E-state index contributed by atoms with van der Waals surface area (Å²) in [6.07, 6.45) is 2.19. The van der Waals surface area contributed by atoms with Crippen molar-refractivity contribution in [3.63, 3.8) is 0 Å². The minimum atomic E-state index is 0.0167. The second-order valence-electron chi connectivity index (χ2n) is 5.48. The summed E-state index contributed by atoms with van der Waals surface area (Å²) in [7, 11) is 0. The highest BCUT2D eigenvalue weighted by atomic mass is 32.1. The van der Waals surface area contributed by atoms with Crippen LogP contribution < -0.4 is 5.73 Å². The van der Waals surface area contributed by atoms with E-state index in [0.717, 1.165) is 12.8 Å². The molecule has 0 saturated carbocycles. The molecule has 2 heteroatoms. The molecule has 19 heavy (non-hydrogen) atoms. The molecule has 102 valence electrons. The first kappa shape index (κ1) is 14.3. The zero-order valence-corrected chi connectivity index (χ0v) is 12.8. The molecule has 1 atom stereocenters. The van der Waals surface area contributed by atoms with Crippen LogP contribution in [-0.2, 0) is 12.8 Å². The van der Waals surface area contributed by atoms with Gasteiger partial charge in [0.15, 0.2) is 0 Å². The molecule has 0 saturated heterocycles. The van der Waals surface area contributed by atoms with Crippen LogP contribution in [0.15, 0.2) is 35.7 Å². The van der Waals surface area contributed by atoms with Gasteiger partial charge in [0.2, 0.25) is 0 Å². The smallest absolute Gasteiger partial charge is 0.0648 e. The number of nitrogens with two attached hydrogens (primary N) is 1. The van der Waals surface area contributed by atoms with Gasteiger partial charge in [-0.05, 0) is 46.9 Å². The number of aryl methyl sites for hydroxylation is 1. The van der Waals surface area contributed by atoms with E-state index in [1.54, 1.807) is 11.3 Å². The lowest BCUT2D eigenvalue weighted by Crippen LogP contribution is -2.12. The predicted octanol–water partition coefficient (Wildman–Crippen LogP) is 4.56. The molecule has 2 aromatic rings. The van der Waals surface area contributed by atoms with Crippen LogP contribution in [0, 0.1) is 5.92 Å². The van der Waals surface area contributed by atoms with Gasteiger partial charge in [-0.2, -0.15) is 0 Å². The van der Waals surface area contributed by atoms with Crippen LogP contribution >= 0.6 is 11.3 Å². The maximum atomic E-state index is 6.40. The maximum absolute atomic E-state index is 6.40. The maximum Gasteiger partial charge on any atom is 0.0648 e. The summed E-state index contributed by atoms with van der Waals surface area (Å²) < 4.78 is 0. The largest absolute Gasteiger partial charge is 0.320 e. The van der Waals surface area contributed by atoms with Gasteiger partial charge in [0.05, 0.1) is 6.04 Å². The molecule has 0 aliphatic heterocycles. The van der Waals surface area contributed by atoms with E-state index in [2.05, 4.69) is 56.5 Å². The van der Waals surface area contributed by atoms with Gasteiger partial charge >= 0.3 is 0 Å². The number of benzene rings is 1. The molecule has 0 radical (unpaired) electrons. The third kappa shape index (κ3) is 3.46. The highest BCUT2D eigenvalue weighted by Gasteiger charge is 2.13. The van der Waals surface area contributed by atoms with E-state index < -0.39 is 0 Å². The second-order valence-corrected chi connectivity index (χ2v) is 6.43. The zero-order chi connectivity index (χ0) is 13.8. The summed E-state index contributed by atoms with van der Waals surface area (Å²) in [5.74, 6) is 0.698. The van der Waals surface area contributed by atoms with Gasteiger partial charge in [0.1, 0.15) is 0 Å². The van der Waals surface area contributed by atoms with Crippen molar-refractivity contribution in [1.29, 1.82) is 0 Å². The first-order valence-electron chi connectivity index (χ1n) is 7.02. The molecule has 0 aliphatic rings. The number of hydrogen-bond acceptors (Lipinski definition) is 2. The molecule has 1 nitrogen and oxygen atoms in total. The van der Waals surface area contributed by atoms with Crippen molar-refractivity contribution in [3.8, 4) is 0 Å². The molecule has 0 spiro atoms. The molecule has 1 aromatic carbocycles. The standard InChI is InChI=1S/C17H23NS/c1-4-14-9-10-19-17(14)16(18)15-7-5-13(6-8-15)11-12(2)3/h5-10,12,16H,4,11,18H2,1-3H3. The van der Waals surface area contributed by atoms with Gasteiger partial charge in [0.25, 0.3) is 0 Å². The second kappa shape index (κ2) is 6.36. The van der Waals surface area contributed by atoms with Crippen LogP contribution in [-0.4, -0.2) is 0 Å². The molecule has 0 aliphatic carbocycles. The summed E-state index contributed by atoms with van der Waals surface area (Å²) in [5, 5.41) is 2.14. The summed E-state index contributed by atoms with van der Waals surface area (Å²) in [6, 6.07) is 11.0. The van der Waals surface area contributed by atoms with Gasteiger partial charge in [0, 0.05) is 4.88 Å². The Balaban J connectivity index is 2.18. The normalized spacial score (nSPS) is 12.9. The SMILES string of the molecule is CCc1ccsc1C(N)c1ccc(CC(C)C)cc1. The van der Waals surface area contributed by atoms with Crippen molar-refractivity contribution in [2.75, 3.05) is 0 Å². The minimum absolute atomic E-state index is 0.0167. The average Bonchev–Trinajstić information content (AvgIpc) is 2.86. The lowest BCUT2D eigenvalue weighted by atomic mass is 9.98. The molecule has 0 fully saturated rings. The third-order valence-electron chi connectivity index (χ3n) is 3.43. The highest BCUT2D eigenvalue weighted by Crippen LogP contribution is 2.28. The minimum Gasteiger partial charge on any atom is -0.320 e. The third-order valence-corrected chi connectivity index (χ3v) is 4.47. The van der Waals surface area contributed by atoms with Crippen LogP contribution in [0.25, 0.3) is 0 Å². The van der Waals surface area contributed by atoms with Gasteiger partial charge in [-0.1, -0.05) is 45.0 Å². The fourth-order valence-corrected chi connectivity index (χ4v) is 3.42. The van der Waals surface area contributed by atoms with E-state index in [9.17, 15) is 0 Å². The molecule has 0 amide bonds. The number of thiophene rings is 1. The molecule has 1 heterocycles. The lowest BCUT2D eigenvalue weighted by Gasteiger charge is -2.13. The van der Waals surface area contributed by atoms with Crippen LogP contribution in [0.5, 0.6) is 0 Å². The van der Waals surface area contributed by atoms with E-state index in [1.807, 2.05) is 0 Å². The van der Waals surface area contributed by atoms with Crippen LogP contribution in [0.2, 0.25) is 0 Å². The highest BCUT2D eigenvalue weighted by molar-refractivity contribution is 7.10. The fourth-order valence-electron chi connectivity index (χ4n) is 2.40. The van der Waals surface area contributed by atoms with Crippen molar-refractivity contribution in [2.24, 2.45) is 11.7 Å². The van der Waals surface area contributed by atoms with E-state index in [-0.39, 0.29) is 6.04 Å². The van der Waals surface area contributed by atoms with Gasteiger partial charge in [-0.15, -0.1) is 11.3 Å². The Morgan fingerprint density at radius 2 is 1.79 bits per heavy atom.